The first-order valence-corrected chi connectivity index (χ1v) is 5.85. The Labute approximate surface area is 72.1 Å². The first kappa shape index (κ1) is 8.47. The predicted octanol–water partition coefficient (Wildman–Crippen LogP) is -0.156. The molecule has 0 aromatic heterocycles. The summed E-state index contributed by atoms with van der Waals surface area (Å²) >= 11 is 0. The molecule has 0 unspecified atom stereocenters. The van der Waals surface area contributed by atoms with Gasteiger partial charge in [0.15, 0.2) is 0 Å². The third-order valence-electron chi connectivity index (χ3n) is 2.72. The van der Waals surface area contributed by atoms with Gasteiger partial charge in [0.2, 0.25) is 10.0 Å². The molecule has 0 spiro atoms. The van der Waals surface area contributed by atoms with Crippen molar-refractivity contribution in [3.63, 3.8) is 0 Å². The van der Waals surface area contributed by atoms with Crippen LogP contribution in [0.4, 0.5) is 0 Å². The molecule has 2 saturated heterocycles. The largest absolute Gasteiger partial charge is 0.374 e. The van der Waals surface area contributed by atoms with Gasteiger partial charge in [-0.15, -0.1) is 0 Å². The lowest BCUT2D eigenvalue weighted by Crippen LogP contribution is -2.56. The SMILES string of the molecule is NS(=O)(=O)CC12CC(CCO1)C2. The molecule has 3 rings (SSSR count). The van der Waals surface area contributed by atoms with Crippen molar-refractivity contribution < 1.29 is 13.2 Å². The summed E-state index contributed by atoms with van der Waals surface area (Å²) in [6, 6.07) is 0. The van der Waals surface area contributed by atoms with E-state index in [2.05, 4.69) is 0 Å². The van der Waals surface area contributed by atoms with E-state index >= 15 is 0 Å². The van der Waals surface area contributed by atoms with Crippen LogP contribution in [0.5, 0.6) is 0 Å². The first-order chi connectivity index (χ1) is 5.49. The van der Waals surface area contributed by atoms with Gasteiger partial charge in [0.1, 0.15) is 0 Å². The summed E-state index contributed by atoms with van der Waals surface area (Å²) in [7, 11) is -3.37. The van der Waals surface area contributed by atoms with Crippen LogP contribution in [-0.2, 0) is 14.8 Å². The van der Waals surface area contributed by atoms with Gasteiger partial charge in [-0.1, -0.05) is 0 Å². The minimum Gasteiger partial charge on any atom is -0.374 e. The van der Waals surface area contributed by atoms with E-state index in [4.69, 9.17) is 9.88 Å². The van der Waals surface area contributed by atoms with Gasteiger partial charge in [0.05, 0.1) is 11.4 Å². The lowest BCUT2D eigenvalue weighted by Gasteiger charge is -2.51. The fraction of sp³-hybridized carbons (Fsp3) is 1.00. The number of ether oxygens (including phenoxy) is 1. The second kappa shape index (κ2) is 2.43. The number of hydrogen-bond donors (Lipinski definition) is 1. The van der Waals surface area contributed by atoms with E-state index in [0.717, 1.165) is 19.3 Å². The van der Waals surface area contributed by atoms with Crippen molar-refractivity contribution in [2.75, 3.05) is 12.4 Å². The molecule has 0 aromatic carbocycles. The van der Waals surface area contributed by atoms with Crippen molar-refractivity contribution >= 4 is 10.0 Å². The molecule has 3 fully saturated rings. The average molecular weight is 191 g/mol. The summed E-state index contributed by atoms with van der Waals surface area (Å²) in [5.74, 6) is 0.678. The molecule has 2 bridgehead atoms. The molecule has 0 amide bonds. The minimum absolute atomic E-state index is 0.00347. The van der Waals surface area contributed by atoms with Crippen LogP contribution in [-0.4, -0.2) is 26.4 Å². The number of hydrogen-bond acceptors (Lipinski definition) is 3. The zero-order valence-electron chi connectivity index (χ0n) is 6.82. The zero-order chi connectivity index (χ0) is 8.82. The topological polar surface area (TPSA) is 69.4 Å². The van der Waals surface area contributed by atoms with E-state index in [0.29, 0.717) is 12.5 Å². The monoisotopic (exact) mass is 191 g/mol. The van der Waals surface area contributed by atoms with Crippen LogP contribution in [0, 0.1) is 5.92 Å². The molecule has 2 aliphatic heterocycles. The van der Waals surface area contributed by atoms with E-state index in [1.165, 1.54) is 0 Å². The lowest BCUT2D eigenvalue weighted by atomic mass is 9.68. The maximum Gasteiger partial charge on any atom is 0.211 e. The van der Waals surface area contributed by atoms with Gasteiger partial charge >= 0.3 is 0 Å². The first-order valence-electron chi connectivity index (χ1n) is 4.14. The van der Waals surface area contributed by atoms with Crippen molar-refractivity contribution in [3.05, 3.63) is 0 Å². The van der Waals surface area contributed by atoms with Gasteiger partial charge in [-0.05, 0) is 25.2 Å². The fourth-order valence-corrected chi connectivity index (χ4v) is 3.33. The van der Waals surface area contributed by atoms with Crippen molar-refractivity contribution in [1.82, 2.24) is 0 Å². The predicted molar refractivity (Wildman–Crippen MR) is 44.0 cm³/mol. The van der Waals surface area contributed by atoms with E-state index < -0.39 is 15.6 Å². The molecule has 0 radical (unpaired) electrons. The molecule has 1 saturated carbocycles. The van der Waals surface area contributed by atoms with E-state index in [-0.39, 0.29) is 5.75 Å². The van der Waals surface area contributed by atoms with Crippen LogP contribution in [0.3, 0.4) is 0 Å². The fourth-order valence-electron chi connectivity index (χ4n) is 2.28. The Bertz CT molecular complexity index is 274. The van der Waals surface area contributed by atoms with Crippen molar-refractivity contribution in [1.29, 1.82) is 0 Å². The van der Waals surface area contributed by atoms with Crippen LogP contribution < -0.4 is 5.14 Å². The van der Waals surface area contributed by atoms with Gasteiger partial charge < -0.3 is 4.74 Å². The van der Waals surface area contributed by atoms with Gasteiger partial charge in [-0.3, -0.25) is 0 Å². The normalized spacial score (nSPS) is 40.6. The highest BCUT2D eigenvalue weighted by Crippen LogP contribution is 2.47. The van der Waals surface area contributed by atoms with Crippen LogP contribution in [0.1, 0.15) is 19.3 Å². The van der Waals surface area contributed by atoms with Gasteiger partial charge in [-0.25, -0.2) is 13.6 Å². The molecular weight excluding hydrogens is 178 g/mol. The highest BCUT2D eigenvalue weighted by molar-refractivity contribution is 7.89. The highest BCUT2D eigenvalue weighted by Gasteiger charge is 2.50. The van der Waals surface area contributed by atoms with Crippen LogP contribution in [0.15, 0.2) is 0 Å². The summed E-state index contributed by atoms with van der Waals surface area (Å²) in [5.41, 5.74) is -0.406. The summed E-state index contributed by atoms with van der Waals surface area (Å²) in [4.78, 5) is 0. The second-order valence-corrected chi connectivity index (χ2v) is 5.52. The highest BCUT2D eigenvalue weighted by atomic mass is 32.2. The summed E-state index contributed by atoms with van der Waals surface area (Å²) in [6.45, 7) is 0.695. The molecule has 0 atom stereocenters. The van der Waals surface area contributed by atoms with E-state index in [1.54, 1.807) is 0 Å². The van der Waals surface area contributed by atoms with E-state index in [9.17, 15) is 8.42 Å². The molecule has 2 heterocycles. The summed E-state index contributed by atoms with van der Waals surface area (Å²) in [6.07, 6.45) is 2.83. The minimum atomic E-state index is -3.37. The maximum absolute atomic E-state index is 10.8. The Kier molecular flexibility index (Phi) is 1.72. The molecule has 70 valence electrons. The zero-order valence-corrected chi connectivity index (χ0v) is 7.64. The van der Waals surface area contributed by atoms with Crippen molar-refractivity contribution in [2.45, 2.75) is 24.9 Å². The Morgan fingerprint density at radius 2 is 2.17 bits per heavy atom. The molecule has 0 aromatic rings. The molecule has 2 N–H and O–H groups in total. The number of rotatable bonds is 2. The number of primary sulfonamides is 1. The lowest BCUT2D eigenvalue weighted by molar-refractivity contribution is -0.162. The van der Waals surface area contributed by atoms with Crippen LogP contribution in [0.2, 0.25) is 0 Å². The molecule has 3 aliphatic rings. The molecular formula is C7H13NO3S. The van der Waals surface area contributed by atoms with Gasteiger partial charge in [-0.2, -0.15) is 0 Å². The summed E-state index contributed by atoms with van der Waals surface area (Å²) in [5, 5.41) is 4.97. The maximum atomic E-state index is 10.8. The number of nitrogens with two attached hydrogens (primary N) is 1. The number of sulfonamides is 1. The van der Waals surface area contributed by atoms with Gasteiger partial charge in [0.25, 0.3) is 0 Å². The molecule has 5 heteroatoms. The van der Waals surface area contributed by atoms with Crippen LogP contribution in [0.25, 0.3) is 0 Å². The molecule has 1 aliphatic carbocycles. The quantitative estimate of drug-likeness (QED) is 0.659. The Hall–Kier alpha value is -0.130. The Balaban J connectivity index is 2.05. The Morgan fingerprint density at radius 3 is 2.58 bits per heavy atom. The van der Waals surface area contributed by atoms with Crippen molar-refractivity contribution in [3.8, 4) is 0 Å². The van der Waals surface area contributed by atoms with Crippen molar-refractivity contribution in [2.24, 2.45) is 11.1 Å². The average Bonchev–Trinajstić information content (AvgIpc) is 1.81. The molecule has 12 heavy (non-hydrogen) atoms. The van der Waals surface area contributed by atoms with Crippen LogP contribution >= 0.6 is 0 Å². The third kappa shape index (κ3) is 1.48. The standard InChI is InChI=1S/C7H13NO3S/c8-12(9,10)5-7-3-6(4-7)1-2-11-7/h6H,1-5H2,(H2,8,9,10). The summed E-state index contributed by atoms with van der Waals surface area (Å²) < 4.78 is 27.1. The van der Waals surface area contributed by atoms with E-state index in [1.807, 2.05) is 0 Å². The molecule has 4 nitrogen and oxygen atoms in total. The Morgan fingerprint density at radius 1 is 1.50 bits per heavy atom. The number of fused-ring (bicyclic) bond motifs is 2. The third-order valence-corrected chi connectivity index (χ3v) is 3.65. The smallest absolute Gasteiger partial charge is 0.211 e. The van der Waals surface area contributed by atoms with Gasteiger partial charge in [0, 0.05) is 6.61 Å². The second-order valence-electron chi connectivity index (χ2n) is 3.90.